The Morgan fingerprint density at radius 3 is 1.11 bits per heavy atom. The van der Waals surface area contributed by atoms with E-state index in [1.165, 1.54) is 24.3 Å². The van der Waals surface area contributed by atoms with Crippen LogP contribution in [0.25, 0.3) is 0 Å². The Balaban J connectivity index is 0.000000411. The second-order valence-electron chi connectivity index (χ2n) is 5.64. The van der Waals surface area contributed by atoms with Gasteiger partial charge >= 0.3 is 0 Å². The van der Waals surface area contributed by atoms with Crippen LogP contribution in [0.4, 0.5) is 0 Å². The highest BCUT2D eigenvalue weighted by Crippen LogP contribution is 2.09. The minimum absolute atomic E-state index is 0.0666. The summed E-state index contributed by atoms with van der Waals surface area (Å²) in [6.07, 6.45) is 0. The van der Waals surface area contributed by atoms with Crippen LogP contribution in [0.15, 0.2) is 70.5 Å². The quantitative estimate of drug-likeness (QED) is 0.423. The molecule has 0 saturated heterocycles. The Morgan fingerprint density at radius 1 is 0.714 bits per heavy atom. The molecule has 8 nitrogen and oxygen atoms in total. The summed E-state index contributed by atoms with van der Waals surface area (Å²) in [5, 5.41) is 16.2. The standard InChI is InChI=1S/2C7H8O3S.C4H8O2/c2*1-6-2-4-7(5-3-6)11(8,9)10;1-4(2-5)3-6/h2*2-5H,1H3,(H,8,9,10);5-6H,1-3H2. The largest absolute Gasteiger partial charge is 0.392 e. The lowest BCUT2D eigenvalue weighted by atomic mass is 10.2. The van der Waals surface area contributed by atoms with E-state index < -0.39 is 20.2 Å². The molecule has 28 heavy (non-hydrogen) atoms. The summed E-state index contributed by atoms with van der Waals surface area (Å²) in [4.78, 5) is -0.133. The molecule has 0 aromatic heterocycles. The highest BCUT2D eigenvalue weighted by Gasteiger charge is 2.07. The molecule has 0 aliphatic heterocycles. The van der Waals surface area contributed by atoms with Gasteiger partial charge in [0.25, 0.3) is 20.2 Å². The molecule has 0 aliphatic carbocycles. The van der Waals surface area contributed by atoms with Crippen LogP contribution in [-0.2, 0) is 20.2 Å². The van der Waals surface area contributed by atoms with Crippen molar-refractivity contribution in [1.29, 1.82) is 0 Å². The Kier molecular flexibility index (Phi) is 10.8. The molecule has 10 heteroatoms. The summed E-state index contributed by atoms with van der Waals surface area (Å²) in [6.45, 7) is 6.74. The van der Waals surface area contributed by atoms with E-state index in [0.29, 0.717) is 5.57 Å². The van der Waals surface area contributed by atoms with Gasteiger partial charge in [0.05, 0.1) is 23.0 Å². The fourth-order valence-electron chi connectivity index (χ4n) is 1.47. The third kappa shape index (κ3) is 10.9. The summed E-state index contributed by atoms with van der Waals surface area (Å²) in [6, 6.07) is 12.0. The van der Waals surface area contributed by atoms with E-state index in [-0.39, 0.29) is 23.0 Å². The Bertz CT molecular complexity index is 866. The van der Waals surface area contributed by atoms with Crippen LogP contribution >= 0.6 is 0 Å². The number of aryl methyl sites for hydroxylation is 2. The predicted molar refractivity (Wildman–Crippen MR) is 105 cm³/mol. The first-order valence-corrected chi connectivity index (χ1v) is 10.7. The monoisotopic (exact) mass is 432 g/mol. The summed E-state index contributed by atoms with van der Waals surface area (Å²) in [5.41, 5.74) is 2.37. The summed E-state index contributed by atoms with van der Waals surface area (Å²) < 4.78 is 59.1. The predicted octanol–water partition coefficient (Wildman–Crippen LogP) is 2.01. The lowest BCUT2D eigenvalue weighted by molar-refractivity contribution is 0.277. The van der Waals surface area contributed by atoms with Gasteiger partial charge in [0.15, 0.2) is 0 Å². The number of hydrogen-bond donors (Lipinski definition) is 4. The molecular weight excluding hydrogens is 408 g/mol. The molecule has 0 saturated carbocycles. The third-order valence-electron chi connectivity index (χ3n) is 3.08. The lowest BCUT2D eigenvalue weighted by Gasteiger charge is -1.95. The highest BCUT2D eigenvalue weighted by molar-refractivity contribution is 7.86. The van der Waals surface area contributed by atoms with Crippen LogP contribution < -0.4 is 0 Å². The third-order valence-corrected chi connectivity index (χ3v) is 4.82. The van der Waals surface area contributed by atoms with Crippen LogP contribution in [-0.4, -0.2) is 49.4 Å². The van der Waals surface area contributed by atoms with Gasteiger partial charge in [0.1, 0.15) is 0 Å². The van der Waals surface area contributed by atoms with Crippen molar-refractivity contribution in [2.24, 2.45) is 0 Å². The molecule has 0 spiro atoms. The normalized spacial score (nSPS) is 10.8. The van der Waals surface area contributed by atoms with Gasteiger partial charge in [0.2, 0.25) is 0 Å². The Morgan fingerprint density at radius 2 is 0.964 bits per heavy atom. The van der Waals surface area contributed by atoms with E-state index in [1.54, 1.807) is 24.3 Å². The first-order chi connectivity index (χ1) is 12.8. The van der Waals surface area contributed by atoms with Crippen molar-refractivity contribution < 1.29 is 36.2 Å². The molecule has 156 valence electrons. The topological polar surface area (TPSA) is 149 Å². The summed E-state index contributed by atoms with van der Waals surface area (Å²) in [7, 11) is -8.04. The van der Waals surface area contributed by atoms with Gasteiger partial charge < -0.3 is 10.2 Å². The molecular formula is C18H24O8S2. The van der Waals surface area contributed by atoms with Crippen LogP contribution in [0.3, 0.4) is 0 Å². The molecule has 0 unspecified atom stereocenters. The molecule has 0 radical (unpaired) electrons. The minimum atomic E-state index is -4.02. The second-order valence-corrected chi connectivity index (χ2v) is 8.49. The maximum atomic E-state index is 10.5. The van der Waals surface area contributed by atoms with E-state index in [2.05, 4.69) is 6.58 Å². The van der Waals surface area contributed by atoms with E-state index >= 15 is 0 Å². The zero-order valence-electron chi connectivity index (χ0n) is 15.5. The molecule has 2 aromatic rings. The molecule has 0 atom stereocenters. The zero-order chi connectivity index (χ0) is 22.0. The van der Waals surface area contributed by atoms with Crippen molar-refractivity contribution in [3.8, 4) is 0 Å². The Labute approximate surface area is 165 Å². The van der Waals surface area contributed by atoms with Gasteiger partial charge in [-0.1, -0.05) is 42.0 Å². The van der Waals surface area contributed by atoms with E-state index in [4.69, 9.17) is 19.3 Å². The first kappa shape index (κ1) is 25.9. The zero-order valence-corrected chi connectivity index (χ0v) is 17.1. The van der Waals surface area contributed by atoms with E-state index in [1.807, 2.05) is 13.8 Å². The summed E-state index contributed by atoms with van der Waals surface area (Å²) >= 11 is 0. The Hall–Kier alpha value is -2.08. The van der Waals surface area contributed by atoms with Crippen molar-refractivity contribution in [2.45, 2.75) is 23.6 Å². The molecule has 4 N–H and O–H groups in total. The van der Waals surface area contributed by atoms with Crippen LogP contribution in [0, 0.1) is 13.8 Å². The molecule has 0 bridgehead atoms. The van der Waals surface area contributed by atoms with Gasteiger partial charge in [-0.05, 0) is 43.7 Å². The van der Waals surface area contributed by atoms with Gasteiger partial charge in [-0.15, -0.1) is 0 Å². The smallest absolute Gasteiger partial charge is 0.294 e. The van der Waals surface area contributed by atoms with Crippen molar-refractivity contribution in [3.63, 3.8) is 0 Å². The van der Waals surface area contributed by atoms with Crippen molar-refractivity contribution in [2.75, 3.05) is 13.2 Å². The van der Waals surface area contributed by atoms with Gasteiger partial charge in [-0.2, -0.15) is 16.8 Å². The lowest BCUT2D eigenvalue weighted by Crippen LogP contribution is -1.96. The van der Waals surface area contributed by atoms with Crippen molar-refractivity contribution >= 4 is 20.2 Å². The maximum Gasteiger partial charge on any atom is 0.294 e. The van der Waals surface area contributed by atoms with Crippen molar-refractivity contribution in [3.05, 3.63) is 71.8 Å². The fourth-order valence-corrected chi connectivity index (χ4v) is 2.43. The van der Waals surface area contributed by atoms with E-state index in [9.17, 15) is 16.8 Å². The van der Waals surface area contributed by atoms with Gasteiger partial charge in [-0.3, -0.25) is 9.11 Å². The van der Waals surface area contributed by atoms with Gasteiger partial charge in [-0.25, -0.2) is 0 Å². The SMILES string of the molecule is C=C(CO)CO.Cc1ccc(S(=O)(=O)O)cc1.Cc1ccc(S(=O)(=O)O)cc1. The number of aliphatic hydroxyl groups excluding tert-OH is 2. The average Bonchev–Trinajstić information content (AvgIpc) is 2.61. The summed E-state index contributed by atoms with van der Waals surface area (Å²) in [5.74, 6) is 0. The molecule has 0 heterocycles. The fraction of sp³-hybridized carbons (Fsp3) is 0.222. The van der Waals surface area contributed by atoms with Crippen LogP contribution in [0.2, 0.25) is 0 Å². The number of aliphatic hydroxyl groups is 2. The first-order valence-electron chi connectivity index (χ1n) is 7.78. The minimum Gasteiger partial charge on any atom is -0.392 e. The second kappa shape index (κ2) is 11.7. The van der Waals surface area contributed by atoms with E-state index in [0.717, 1.165) is 11.1 Å². The molecule has 0 aliphatic rings. The molecule has 2 rings (SSSR count). The van der Waals surface area contributed by atoms with Crippen molar-refractivity contribution in [1.82, 2.24) is 0 Å². The molecule has 0 amide bonds. The van der Waals surface area contributed by atoms with Gasteiger partial charge in [0, 0.05) is 0 Å². The molecule has 2 aromatic carbocycles. The van der Waals surface area contributed by atoms with Crippen LogP contribution in [0.1, 0.15) is 11.1 Å². The molecule has 0 fully saturated rings. The highest BCUT2D eigenvalue weighted by atomic mass is 32.2. The maximum absolute atomic E-state index is 10.5. The van der Waals surface area contributed by atoms with Crippen LogP contribution in [0.5, 0.6) is 0 Å². The number of benzene rings is 2. The number of rotatable bonds is 4. The number of hydrogen-bond acceptors (Lipinski definition) is 6. The average molecular weight is 433 g/mol.